The first-order chi connectivity index (χ1) is 7.92. The van der Waals surface area contributed by atoms with Gasteiger partial charge in [0.15, 0.2) is 0 Å². The normalized spacial score (nSPS) is 14.0. The second-order valence-corrected chi connectivity index (χ2v) is 7.23. The van der Waals surface area contributed by atoms with E-state index in [-0.39, 0.29) is 10.9 Å². The van der Waals surface area contributed by atoms with E-state index in [4.69, 9.17) is 0 Å². The SMILES string of the molecule is CC(C)CCC(O)C(C)(C)Sc1ccccc1. The van der Waals surface area contributed by atoms with Crippen molar-refractivity contribution in [2.24, 2.45) is 5.92 Å². The van der Waals surface area contributed by atoms with Crippen LogP contribution in [0.1, 0.15) is 40.5 Å². The van der Waals surface area contributed by atoms with E-state index in [9.17, 15) is 5.11 Å². The van der Waals surface area contributed by atoms with Gasteiger partial charge in [0.2, 0.25) is 0 Å². The Hall–Kier alpha value is -0.470. The van der Waals surface area contributed by atoms with Gasteiger partial charge in [-0.15, -0.1) is 11.8 Å². The van der Waals surface area contributed by atoms with Gasteiger partial charge in [-0.1, -0.05) is 32.0 Å². The molecule has 0 spiro atoms. The van der Waals surface area contributed by atoms with Crippen molar-refractivity contribution in [3.05, 3.63) is 30.3 Å². The minimum absolute atomic E-state index is 0.129. The van der Waals surface area contributed by atoms with Crippen molar-refractivity contribution in [2.75, 3.05) is 0 Å². The maximum Gasteiger partial charge on any atom is 0.0685 e. The summed E-state index contributed by atoms with van der Waals surface area (Å²) in [5, 5.41) is 10.3. The second-order valence-electron chi connectivity index (χ2n) is 5.51. The number of hydrogen-bond acceptors (Lipinski definition) is 2. The minimum Gasteiger partial charge on any atom is -0.392 e. The fraction of sp³-hybridized carbons (Fsp3) is 0.600. The Morgan fingerprint density at radius 3 is 2.24 bits per heavy atom. The van der Waals surface area contributed by atoms with Gasteiger partial charge in [-0.05, 0) is 44.7 Å². The van der Waals surface area contributed by atoms with E-state index in [1.165, 1.54) is 4.90 Å². The maximum absolute atomic E-state index is 10.3. The first kappa shape index (κ1) is 14.6. The van der Waals surface area contributed by atoms with E-state index in [2.05, 4.69) is 39.8 Å². The number of hydrogen-bond donors (Lipinski definition) is 1. The van der Waals surface area contributed by atoms with Crippen LogP contribution in [0.2, 0.25) is 0 Å². The molecule has 0 fully saturated rings. The van der Waals surface area contributed by atoms with Gasteiger partial charge in [0, 0.05) is 9.64 Å². The van der Waals surface area contributed by atoms with Crippen LogP contribution < -0.4 is 0 Å². The van der Waals surface area contributed by atoms with Gasteiger partial charge >= 0.3 is 0 Å². The molecule has 1 aromatic carbocycles. The van der Waals surface area contributed by atoms with Crippen LogP contribution in [0.5, 0.6) is 0 Å². The predicted molar refractivity (Wildman–Crippen MR) is 76.5 cm³/mol. The van der Waals surface area contributed by atoms with E-state index in [0.29, 0.717) is 5.92 Å². The summed E-state index contributed by atoms with van der Waals surface area (Å²) in [6.07, 6.45) is 1.71. The van der Waals surface area contributed by atoms with Crippen molar-refractivity contribution in [3.8, 4) is 0 Å². The molecule has 0 radical (unpaired) electrons. The lowest BCUT2D eigenvalue weighted by Gasteiger charge is -2.30. The Morgan fingerprint density at radius 2 is 1.71 bits per heavy atom. The molecule has 0 aliphatic carbocycles. The summed E-state index contributed by atoms with van der Waals surface area (Å²) in [5.74, 6) is 0.655. The van der Waals surface area contributed by atoms with Crippen molar-refractivity contribution in [1.82, 2.24) is 0 Å². The molecule has 0 aliphatic rings. The van der Waals surface area contributed by atoms with Gasteiger partial charge in [-0.2, -0.15) is 0 Å². The van der Waals surface area contributed by atoms with Crippen LogP contribution in [0, 0.1) is 5.92 Å². The highest BCUT2D eigenvalue weighted by Gasteiger charge is 2.28. The van der Waals surface area contributed by atoms with Crippen LogP contribution in [-0.2, 0) is 0 Å². The van der Waals surface area contributed by atoms with Crippen LogP contribution in [0.15, 0.2) is 35.2 Å². The number of rotatable bonds is 6. The monoisotopic (exact) mass is 252 g/mol. The molecule has 1 atom stereocenters. The molecule has 0 saturated heterocycles. The number of aliphatic hydroxyl groups excluding tert-OH is 1. The Morgan fingerprint density at radius 1 is 1.12 bits per heavy atom. The summed E-state index contributed by atoms with van der Waals surface area (Å²) in [7, 11) is 0. The van der Waals surface area contributed by atoms with Crippen molar-refractivity contribution in [3.63, 3.8) is 0 Å². The molecule has 1 nitrogen and oxygen atoms in total. The van der Waals surface area contributed by atoms with Gasteiger partial charge in [0.25, 0.3) is 0 Å². The average molecular weight is 252 g/mol. The van der Waals surface area contributed by atoms with E-state index >= 15 is 0 Å². The molecule has 0 amide bonds. The molecule has 0 aliphatic heterocycles. The van der Waals surface area contributed by atoms with Gasteiger partial charge in [-0.3, -0.25) is 0 Å². The van der Waals surface area contributed by atoms with E-state index in [0.717, 1.165) is 12.8 Å². The zero-order chi connectivity index (χ0) is 12.9. The molecule has 1 rings (SSSR count). The highest BCUT2D eigenvalue weighted by atomic mass is 32.2. The molecular weight excluding hydrogens is 228 g/mol. The summed E-state index contributed by atoms with van der Waals surface area (Å²) in [6.45, 7) is 8.64. The topological polar surface area (TPSA) is 20.2 Å². The average Bonchev–Trinajstić information content (AvgIpc) is 2.26. The third kappa shape index (κ3) is 5.13. The Kier molecular flexibility index (Phi) is 5.54. The summed E-state index contributed by atoms with van der Waals surface area (Å²) in [6, 6.07) is 10.3. The van der Waals surface area contributed by atoms with Crippen LogP contribution in [-0.4, -0.2) is 16.0 Å². The molecule has 0 bridgehead atoms. The highest BCUT2D eigenvalue weighted by Crippen LogP contribution is 2.36. The maximum atomic E-state index is 10.3. The third-order valence-corrected chi connectivity index (χ3v) is 4.25. The minimum atomic E-state index is -0.255. The molecule has 96 valence electrons. The molecule has 17 heavy (non-hydrogen) atoms. The second kappa shape index (κ2) is 6.46. The zero-order valence-corrected chi connectivity index (χ0v) is 12.1. The smallest absolute Gasteiger partial charge is 0.0685 e. The van der Waals surface area contributed by atoms with Crippen LogP contribution in [0.3, 0.4) is 0 Å². The third-order valence-electron chi connectivity index (χ3n) is 2.94. The van der Waals surface area contributed by atoms with Gasteiger partial charge in [0.05, 0.1) is 6.10 Å². The molecule has 2 heteroatoms. The summed E-state index contributed by atoms with van der Waals surface area (Å²) in [4.78, 5) is 1.22. The quantitative estimate of drug-likeness (QED) is 0.759. The van der Waals surface area contributed by atoms with E-state index in [1.54, 1.807) is 11.8 Å². The molecule has 1 N–H and O–H groups in total. The summed E-state index contributed by atoms with van der Waals surface area (Å²) < 4.78 is -0.129. The number of benzene rings is 1. The lowest BCUT2D eigenvalue weighted by molar-refractivity contribution is 0.126. The Bertz CT molecular complexity index is 319. The lowest BCUT2D eigenvalue weighted by atomic mass is 9.97. The van der Waals surface area contributed by atoms with Gasteiger partial charge < -0.3 is 5.11 Å². The van der Waals surface area contributed by atoms with Crippen molar-refractivity contribution >= 4 is 11.8 Å². The van der Waals surface area contributed by atoms with E-state index in [1.807, 2.05) is 18.2 Å². The largest absolute Gasteiger partial charge is 0.392 e. The standard InChI is InChI=1S/C15H24OS/c1-12(2)10-11-14(16)15(3,4)17-13-8-6-5-7-9-13/h5-9,12,14,16H,10-11H2,1-4H3. The van der Waals surface area contributed by atoms with Gasteiger partial charge in [-0.25, -0.2) is 0 Å². The fourth-order valence-electron chi connectivity index (χ4n) is 1.70. The lowest BCUT2D eigenvalue weighted by Crippen LogP contribution is -2.32. The van der Waals surface area contributed by atoms with E-state index < -0.39 is 0 Å². The first-order valence-electron chi connectivity index (χ1n) is 6.34. The van der Waals surface area contributed by atoms with Crippen molar-refractivity contribution < 1.29 is 5.11 Å². The van der Waals surface area contributed by atoms with Crippen LogP contribution in [0.25, 0.3) is 0 Å². The molecule has 0 heterocycles. The van der Waals surface area contributed by atoms with Crippen LogP contribution >= 0.6 is 11.8 Å². The predicted octanol–water partition coefficient (Wildman–Crippen LogP) is 4.35. The summed E-state index contributed by atoms with van der Waals surface area (Å²) >= 11 is 1.76. The Balaban J connectivity index is 2.55. The van der Waals surface area contributed by atoms with Crippen LogP contribution in [0.4, 0.5) is 0 Å². The molecule has 0 saturated carbocycles. The zero-order valence-electron chi connectivity index (χ0n) is 11.3. The number of aliphatic hydroxyl groups is 1. The highest BCUT2D eigenvalue weighted by molar-refractivity contribution is 8.00. The van der Waals surface area contributed by atoms with Crippen molar-refractivity contribution in [2.45, 2.75) is 56.3 Å². The molecule has 1 aromatic rings. The molecule has 0 aromatic heterocycles. The van der Waals surface area contributed by atoms with Crippen molar-refractivity contribution in [1.29, 1.82) is 0 Å². The summed E-state index contributed by atoms with van der Waals surface area (Å²) in [5.41, 5.74) is 0. The van der Waals surface area contributed by atoms with Gasteiger partial charge in [0.1, 0.15) is 0 Å². The first-order valence-corrected chi connectivity index (χ1v) is 7.15. The Labute approximate surface area is 110 Å². The fourth-order valence-corrected chi connectivity index (χ4v) is 2.85. The number of thioether (sulfide) groups is 1. The molecule has 1 unspecified atom stereocenters. The molecular formula is C15H24OS.